The highest BCUT2D eigenvalue weighted by Gasteiger charge is 2.31. The summed E-state index contributed by atoms with van der Waals surface area (Å²) in [5.41, 5.74) is -0.913. The normalized spacial score (nSPS) is 11.3. The van der Waals surface area contributed by atoms with Gasteiger partial charge in [-0.05, 0) is 18.4 Å². The molecular weight excluding hydrogens is 357 g/mol. The lowest BCUT2D eigenvalue weighted by atomic mass is 10.1. The molecule has 0 heterocycles. The van der Waals surface area contributed by atoms with Crippen LogP contribution in [-0.2, 0) is 4.84 Å². The van der Waals surface area contributed by atoms with Gasteiger partial charge in [-0.1, -0.05) is 41.6 Å². The molecule has 8 heteroatoms. The van der Waals surface area contributed by atoms with Crippen LogP contribution in [0.25, 0.3) is 0 Å². The number of hydrogen-bond donors (Lipinski definition) is 0. The van der Waals surface area contributed by atoms with E-state index in [4.69, 9.17) is 0 Å². The van der Waals surface area contributed by atoms with Crippen molar-refractivity contribution in [2.45, 2.75) is 12.8 Å². The average Bonchev–Trinajstić information content (AvgIpc) is 2.65. The Morgan fingerprint density at radius 1 is 0.962 bits per heavy atom. The quantitative estimate of drug-likeness (QED) is 0.138. The molecule has 2 aromatic carbocycles. The van der Waals surface area contributed by atoms with Crippen molar-refractivity contribution in [1.82, 2.24) is 0 Å². The Balaban J connectivity index is 2.36. The third-order valence-corrected chi connectivity index (χ3v) is 3.34. The van der Waals surface area contributed by atoms with Gasteiger partial charge < -0.3 is 4.84 Å². The van der Waals surface area contributed by atoms with Gasteiger partial charge in [0.25, 0.3) is 0 Å². The molecule has 136 valence electrons. The summed E-state index contributed by atoms with van der Waals surface area (Å²) in [6.07, 6.45) is 2.30. The van der Waals surface area contributed by atoms with Crippen molar-refractivity contribution in [3.63, 3.8) is 0 Å². The number of carbonyl (C=O) groups excluding carboxylic acids is 1. The zero-order valence-electron chi connectivity index (χ0n) is 13.2. The van der Waals surface area contributed by atoms with Gasteiger partial charge in [0.1, 0.15) is 5.56 Å². The van der Waals surface area contributed by atoms with E-state index in [0.29, 0.717) is 12.0 Å². The maximum atomic E-state index is 13.6. The number of benzene rings is 2. The molecule has 0 amide bonds. The SMILES string of the molecule is C=CCC/C(=N\OC(=O)c1c(F)c(F)c(F)c(F)c1F)c1ccccc1. The maximum Gasteiger partial charge on any atom is 0.371 e. The first-order chi connectivity index (χ1) is 12.4. The monoisotopic (exact) mass is 369 g/mol. The fraction of sp³-hybridized carbons (Fsp3) is 0.111. The molecule has 0 radical (unpaired) electrons. The minimum Gasteiger partial charge on any atom is -0.312 e. The summed E-state index contributed by atoms with van der Waals surface area (Å²) in [5.74, 6) is -13.2. The molecule has 0 atom stereocenters. The molecule has 0 saturated carbocycles. The van der Waals surface area contributed by atoms with E-state index in [2.05, 4.69) is 16.6 Å². The Hall–Kier alpha value is -3.03. The largest absolute Gasteiger partial charge is 0.371 e. The van der Waals surface area contributed by atoms with Crippen LogP contribution in [0.2, 0.25) is 0 Å². The molecule has 0 bridgehead atoms. The van der Waals surface area contributed by atoms with Crippen LogP contribution in [0.4, 0.5) is 22.0 Å². The average molecular weight is 369 g/mol. The summed E-state index contributed by atoms with van der Waals surface area (Å²) in [7, 11) is 0. The van der Waals surface area contributed by atoms with Crippen molar-refractivity contribution < 1.29 is 31.6 Å². The van der Waals surface area contributed by atoms with E-state index in [0.717, 1.165) is 0 Å². The molecular formula is C18H12F5NO2. The van der Waals surface area contributed by atoms with Crippen molar-refractivity contribution in [3.8, 4) is 0 Å². The molecule has 0 fully saturated rings. The molecule has 2 aromatic rings. The first kappa shape index (κ1) is 19.3. The lowest BCUT2D eigenvalue weighted by Crippen LogP contribution is -2.14. The van der Waals surface area contributed by atoms with E-state index >= 15 is 0 Å². The van der Waals surface area contributed by atoms with Crippen LogP contribution in [0.5, 0.6) is 0 Å². The molecule has 0 aliphatic heterocycles. The molecule has 0 aliphatic rings. The first-order valence-corrected chi connectivity index (χ1v) is 7.34. The number of allylic oxidation sites excluding steroid dienone is 1. The van der Waals surface area contributed by atoms with Crippen molar-refractivity contribution in [3.05, 3.63) is 83.2 Å². The van der Waals surface area contributed by atoms with Crippen LogP contribution in [0.1, 0.15) is 28.8 Å². The summed E-state index contributed by atoms with van der Waals surface area (Å²) in [6, 6.07) is 8.40. The van der Waals surface area contributed by atoms with Gasteiger partial charge in [0, 0.05) is 0 Å². The minimum atomic E-state index is -2.36. The molecule has 26 heavy (non-hydrogen) atoms. The number of rotatable bonds is 6. The Kier molecular flexibility index (Phi) is 6.21. The second-order valence-electron chi connectivity index (χ2n) is 5.06. The number of halogens is 5. The van der Waals surface area contributed by atoms with Gasteiger partial charge in [-0.25, -0.2) is 26.7 Å². The Morgan fingerprint density at radius 3 is 2.04 bits per heavy atom. The van der Waals surface area contributed by atoms with E-state index in [-0.39, 0.29) is 12.1 Å². The first-order valence-electron chi connectivity index (χ1n) is 7.34. The topological polar surface area (TPSA) is 38.7 Å². The standard InChI is InChI=1S/C18H12F5NO2/c1-2-3-9-11(10-7-5-4-6-8-10)24-26-18(25)12-13(19)15(21)17(23)16(22)14(12)20/h2,4-8H,1,3,9H2/b24-11+. The predicted molar refractivity (Wildman–Crippen MR) is 84.1 cm³/mol. The molecule has 0 saturated heterocycles. The lowest BCUT2D eigenvalue weighted by Gasteiger charge is -2.07. The highest BCUT2D eigenvalue weighted by molar-refractivity contribution is 6.01. The summed E-state index contributed by atoms with van der Waals surface area (Å²) < 4.78 is 66.6. The Morgan fingerprint density at radius 2 is 1.50 bits per heavy atom. The molecule has 0 aromatic heterocycles. The smallest absolute Gasteiger partial charge is 0.312 e. The van der Waals surface area contributed by atoms with Crippen LogP contribution < -0.4 is 0 Å². The van der Waals surface area contributed by atoms with E-state index in [1.807, 2.05) is 0 Å². The predicted octanol–water partition coefficient (Wildman–Crippen LogP) is 4.91. The zero-order chi connectivity index (χ0) is 19.3. The number of carbonyl (C=O) groups is 1. The van der Waals surface area contributed by atoms with E-state index in [9.17, 15) is 26.7 Å². The van der Waals surface area contributed by atoms with Crippen molar-refractivity contribution in [2.75, 3.05) is 0 Å². The number of oxime groups is 1. The molecule has 0 aliphatic carbocycles. The maximum absolute atomic E-state index is 13.6. The highest BCUT2D eigenvalue weighted by Crippen LogP contribution is 2.23. The highest BCUT2D eigenvalue weighted by atomic mass is 19.2. The van der Waals surface area contributed by atoms with Gasteiger partial charge in [0.2, 0.25) is 5.82 Å². The van der Waals surface area contributed by atoms with Crippen molar-refractivity contribution in [2.24, 2.45) is 5.16 Å². The fourth-order valence-electron chi connectivity index (χ4n) is 2.04. The van der Waals surface area contributed by atoms with E-state index < -0.39 is 40.6 Å². The summed E-state index contributed by atoms with van der Waals surface area (Å²) in [4.78, 5) is 16.3. The number of hydrogen-bond acceptors (Lipinski definition) is 3. The van der Waals surface area contributed by atoms with Crippen LogP contribution in [-0.4, -0.2) is 11.7 Å². The Labute approximate surface area is 145 Å². The summed E-state index contributed by atoms with van der Waals surface area (Å²) in [6.45, 7) is 3.54. The molecule has 0 N–H and O–H groups in total. The van der Waals surface area contributed by atoms with Crippen molar-refractivity contribution in [1.29, 1.82) is 0 Å². The van der Waals surface area contributed by atoms with Gasteiger partial charge >= 0.3 is 5.97 Å². The molecule has 2 rings (SSSR count). The second-order valence-corrected chi connectivity index (χ2v) is 5.06. The van der Waals surface area contributed by atoms with Gasteiger partial charge in [-0.3, -0.25) is 0 Å². The van der Waals surface area contributed by atoms with Gasteiger partial charge in [0.05, 0.1) is 5.71 Å². The van der Waals surface area contributed by atoms with Gasteiger partial charge in [0.15, 0.2) is 23.3 Å². The minimum absolute atomic E-state index is 0.239. The third kappa shape index (κ3) is 3.96. The van der Waals surface area contributed by atoms with Crippen molar-refractivity contribution >= 4 is 11.7 Å². The summed E-state index contributed by atoms with van der Waals surface area (Å²) in [5, 5.41) is 3.52. The fourth-order valence-corrected chi connectivity index (χ4v) is 2.04. The molecule has 0 unspecified atom stereocenters. The zero-order valence-corrected chi connectivity index (χ0v) is 13.2. The molecule has 0 spiro atoms. The van der Waals surface area contributed by atoms with E-state index in [1.54, 1.807) is 36.4 Å². The Bertz CT molecular complexity index is 837. The van der Waals surface area contributed by atoms with Crippen LogP contribution in [0, 0.1) is 29.1 Å². The second kappa shape index (κ2) is 8.37. The number of nitrogens with zero attached hydrogens (tertiary/aromatic N) is 1. The van der Waals surface area contributed by atoms with Gasteiger partial charge in [-0.2, -0.15) is 0 Å². The molecule has 3 nitrogen and oxygen atoms in total. The van der Waals surface area contributed by atoms with Crippen LogP contribution in [0.3, 0.4) is 0 Å². The van der Waals surface area contributed by atoms with E-state index in [1.165, 1.54) is 0 Å². The lowest BCUT2D eigenvalue weighted by molar-refractivity contribution is 0.0501. The van der Waals surface area contributed by atoms with Crippen LogP contribution in [0.15, 0.2) is 48.1 Å². The summed E-state index contributed by atoms with van der Waals surface area (Å²) >= 11 is 0. The third-order valence-electron chi connectivity index (χ3n) is 3.34. The van der Waals surface area contributed by atoms with Gasteiger partial charge in [-0.15, -0.1) is 6.58 Å². The van der Waals surface area contributed by atoms with Crippen LogP contribution >= 0.6 is 0 Å².